The van der Waals surface area contributed by atoms with Crippen molar-refractivity contribution < 1.29 is 17.6 Å². The van der Waals surface area contributed by atoms with Crippen molar-refractivity contribution in [2.75, 3.05) is 0 Å². The summed E-state index contributed by atoms with van der Waals surface area (Å²) >= 11 is 0. The molecule has 0 aromatic carbocycles. The lowest BCUT2D eigenvalue weighted by Gasteiger charge is -2.11. The van der Waals surface area contributed by atoms with Crippen molar-refractivity contribution in [3.05, 3.63) is 23.6 Å². The lowest BCUT2D eigenvalue weighted by atomic mass is 10.1. The van der Waals surface area contributed by atoms with Crippen LogP contribution in [-0.2, 0) is 0 Å². The average Bonchev–Trinajstić information content (AvgIpc) is 2.01. The van der Waals surface area contributed by atoms with Gasteiger partial charge in [-0.05, 0) is 25.5 Å². The molecule has 0 spiro atoms. The molecule has 0 heterocycles. The van der Waals surface area contributed by atoms with E-state index in [1.165, 1.54) is 13.0 Å². The first kappa shape index (κ1) is 12.2. The maximum absolute atomic E-state index is 12.9. The zero-order valence-corrected chi connectivity index (χ0v) is 7.74. The molecule has 0 bridgehead atoms. The summed E-state index contributed by atoms with van der Waals surface area (Å²) in [4.78, 5) is 0. The van der Waals surface area contributed by atoms with E-state index in [2.05, 4.69) is 0 Å². The third kappa shape index (κ3) is 4.10. The Bertz CT molecular complexity index is 222. The summed E-state index contributed by atoms with van der Waals surface area (Å²) in [6.45, 7) is 3.92. The Morgan fingerprint density at radius 3 is 2.08 bits per heavy atom. The van der Waals surface area contributed by atoms with E-state index in [9.17, 15) is 17.6 Å². The molecule has 0 aromatic rings. The summed E-state index contributed by atoms with van der Waals surface area (Å²) in [5.41, 5.74) is 0.219. The van der Waals surface area contributed by atoms with Gasteiger partial charge in [0.1, 0.15) is 5.83 Å². The number of rotatable bonds is 2. The standard InChI is InChI=1S/C9H12F4/c1-4-6(2)8(10)5-7(3)9(11,12)13/h4-5,7H,1-3H3/b6-4-,8-5+. The Morgan fingerprint density at radius 1 is 1.31 bits per heavy atom. The highest BCUT2D eigenvalue weighted by Gasteiger charge is 2.34. The number of alkyl halides is 3. The summed E-state index contributed by atoms with van der Waals surface area (Å²) < 4.78 is 48.7. The van der Waals surface area contributed by atoms with Crippen LogP contribution in [0.15, 0.2) is 23.6 Å². The third-order valence-electron chi connectivity index (χ3n) is 1.72. The minimum Gasteiger partial charge on any atom is -0.207 e. The largest absolute Gasteiger partial charge is 0.394 e. The van der Waals surface area contributed by atoms with E-state index in [0.29, 0.717) is 6.08 Å². The minimum atomic E-state index is -4.37. The summed E-state index contributed by atoms with van der Waals surface area (Å²) in [6, 6.07) is 0. The lowest BCUT2D eigenvalue weighted by molar-refractivity contribution is -0.156. The van der Waals surface area contributed by atoms with Gasteiger partial charge in [-0.3, -0.25) is 0 Å². The van der Waals surface area contributed by atoms with Crippen LogP contribution in [0.4, 0.5) is 17.6 Å². The first-order chi connectivity index (χ1) is 5.79. The van der Waals surface area contributed by atoms with Crippen LogP contribution in [0.5, 0.6) is 0 Å². The van der Waals surface area contributed by atoms with E-state index in [1.807, 2.05) is 0 Å². The van der Waals surface area contributed by atoms with Crippen LogP contribution in [-0.4, -0.2) is 6.18 Å². The highest BCUT2D eigenvalue weighted by Crippen LogP contribution is 2.28. The summed E-state index contributed by atoms with van der Waals surface area (Å²) in [6.07, 6.45) is -2.37. The quantitative estimate of drug-likeness (QED) is 0.462. The van der Waals surface area contributed by atoms with Crippen molar-refractivity contribution in [2.45, 2.75) is 26.9 Å². The van der Waals surface area contributed by atoms with Gasteiger partial charge in [0.15, 0.2) is 0 Å². The van der Waals surface area contributed by atoms with Crippen LogP contribution in [0.3, 0.4) is 0 Å². The van der Waals surface area contributed by atoms with Crippen molar-refractivity contribution in [1.82, 2.24) is 0 Å². The molecule has 0 saturated carbocycles. The van der Waals surface area contributed by atoms with Crippen LogP contribution in [0.25, 0.3) is 0 Å². The van der Waals surface area contributed by atoms with Crippen molar-refractivity contribution in [3.8, 4) is 0 Å². The van der Waals surface area contributed by atoms with Gasteiger partial charge in [0.2, 0.25) is 0 Å². The molecule has 0 saturated heterocycles. The van der Waals surface area contributed by atoms with E-state index in [-0.39, 0.29) is 5.57 Å². The molecule has 0 aliphatic heterocycles. The van der Waals surface area contributed by atoms with Gasteiger partial charge >= 0.3 is 6.18 Å². The van der Waals surface area contributed by atoms with E-state index in [1.54, 1.807) is 6.92 Å². The molecule has 13 heavy (non-hydrogen) atoms. The molecular weight excluding hydrogens is 184 g/mol. The molecule has 0 fully saturated rings. The highest BCUT2D eigenvalue weighted by atomic mass is 19.4. The molecule has 0 aromatic heterocycles. The Balaban J connectivity index is 4.58. The number of hydrogen-bond acceptors (Lipinski definition) is 0. The summed E-state index contributed by atoms with van der Waals surface area (Å²) in [7, 11) is 0. The molecular formula is C9H12F4. The van der Waals surface area contributed by atoms with Gasteiger partial charge in [0, 0.05) is 0 Å². The van der Waals surface area contributed by atoms with Gasteiger partial charge in [-0.25, -0.2) is 4.39 Å². The minimum absolute atomic E-state index is 0.219. The fourth-order valence-electron chi connectivity index (χ4n) is 0.583. The van der Waals surface area contributed by atoms with Crippen LogP contribution in [0.2, 0.25) is 0 Å². The highest BCUT2D eigenvalue weighted by molar-refractivity contribution is 5.22. The summed E-state index contributed by atoms with van der Waals surface area (Å²) in [5.74, 6) is -2.56. The first-order valence-electron chi connectivity index (χ1n) is 3.86. The molecule has 0 aliphatic rings. The van der Waals surface area contributed by atoms with Gasteiger partial charge in [-0.1, -0.05) is 13.0 Å². The maximum Gasteiger partial charge on any atom is 0.394 e. The Kier molecular flexibility index (Phi) is 4.17. The van der Waals surface area contributed by atoms with Gasteiger partial charge in [0.05, 0.1) is 5.92 Å². The molecule has 0 rings (SSSR count). The molecule has 0 aliphatic carbocycles. The van der Waals surface area contributed by atoms with Crippen LogP contribution < -0.4 is 0 Å². The Labute approximate surface area is 74.9 Å². The number of hydrogen-bond donors (Lipinski definition) is 0. The Hall–Kier alpha value is -0.800. The zero-order chi connectivity index (χ0) is 10.6. The number of halogens is 4. The molecule has 0 nitrogen and oxygen atoms in total. The Morgan fingerprint density at radius 2 is 1.77 bits per heavy atom. The van der Waals surface area contributed by atoms with Crippen LogP contribution >= 0.6 is 0 Å². The van der Waals surface area contributed by atoms with Crippen LogP contribution in [0, 0.1) is 5.92 Å². The van der Waals surface area contributed by atoms with Crippen molar-refractivity contribution in [2.24, 2.45) is 5.92 Å². The zero-order valence-electron chi connectivity index (χ0n) is 7.74. The molecule has 1 unspecified atom stereocenters. The fourth-order valence-corrected chi connectivity index (χ4v) is 0.583. The first-order valence-corrected chi connectivity index (χ1v) is 3.86. The van der Waals surface area contributed by atoms with E-state index in [0.717, 1.165) is 6.92 Å². The van der Waals surface area contributed by atoms with Crippen molar-refractivity contribution >= 4 is 0 Å². The van der Waals surface area contributed by atoms with E-state index < -0.39 is 17.9 Å². The molecule has 0 amide bonds. The average molecular weight is 196 g/mol. The van der Waals surface area contributed by atoms with Crippen molar-refractivity contribution in [3.63, 3.8) is 0 Å². The SMILES string of the molecule is C/C=C(C)\C(F)=C/C(C)C(F)(F)F. The lowest BCUT2D eigenvalue weighted by Crippen LogP contribution is -2.17. The molecule has 0 N–H and O–H groups in total. The maximum atomic E-state index is 12.9. The smallest absolute Gasteiger partial charge is 0.207 e. The van der Waals surface area contributed by atoms with Gasteiger partial charge < -0.3 is 0 Å². The molecule has 0 radical (unpaired) electrons. The van der Waals surface area contributed by atoms with E-state index in [4.69, 9.17) is 0 Å². The second-order valence-electron chi connectivity index (χ2n) is 2.82. The van der Waals surface area contributed by atoms with Gasteiger partial charge in [-0.15, -0.1) is 0 Å². The fraction of sp³-hybridized carbons (Fsp3) is 0.556. The molecule has 4 heteroatoms. The van der Waals surface area contributed by atoms with E-state index >= 15 is 0 Å². The topological polar surface area (TPSA) is 0 Å². The van der Waals surface area contributed by atoms with Crippen molar-refractivity contribution in [1.29, 1.82) is 0 Å². The number of allylic oxidation sites excluding steroid dienone is 4. The van der Waals surface area contributed by atoms with Crippen LogP contribution in [0.1, 0.15) is 20.8 Å². The second kappa shape index (κ2) is 4.44. The normalized spacial score (nSPS) is 17.5. The van der Waals surface area contributed by atoms with Gasteiger partial charge in [-0.2, -0.15) is 13.2 Å². The second-order valence-corrected chi connectivity index (χ2v) is 2.82. The third-order valence-corrected chi connectivity index (χ3v) is 1.72. The molecule has 1 atom stereocenters. The predicted octanol–water partition coefficient (Wildman–Crippen LogP) is 4.00. The van der Waals surface area contributed by atoms with Gasteiger partial charge in [0.25, 0.3) is 0 Å². The summed E-state index contributed by atoms with van der Waals surface area (Å²) in [5, 5.41) is 0. The monoisotopic (exact) mass is 196 g/mol. The predicted molar refractivity (Wildman–Crippen MR) is 43.8 cm³/mol. The molecule has 76 valence electrons.